The number of Topliss-reactive ketones (excluding diaryl/α,β-unsaturated/α-hetero) is 1. The van der Waals surface area contributed by atoms with Crippen LogP contribution in [-0.2, 0) is 23.9 Å². The molecular weight excluding hydrogens is 528 g/mol. The van der Waals surface area contributed by atoms with Gasteiger partial charge in [0.15, 0.2) is 0 Å². The molecule has 9 nitrogen and oxygen atoms in total. The van der Waals surface area contributed by atoms with Gasteiger partial charge in [0.05, 0.1) is 18.3 Å². The molecule has 0 aromatic rings. The lowest BCUT2D eigenvalue weighted by Gasteiger charge is -2.33. The van der Waals surface area contributed by atoms with Crippen LogP contribution >= 0.6 is 12.2 Å². The van der Waals surface area contributed by atoms with Crippen LogP contribution in [0.25, 0.3) is 0 Å². The summed E-state index contributed by atoms with van der Waals surface area (Å²) in [5, 5.41) is 5.77. The minimum Gasteiger partial charge on any atom is -0.465 e. The van der Waals surface area contributed by atoms with E-state index in [4.69, 9.17) is 22.7 Å². The summed E-state index contributed by atoms with van der Waals surface area (Å²) in [6.07, 6.45) is 12.5. The van der Waals surface area contributed by atoms with Gasteiger partial charge in [-0.25, -0.2) is 0 Å². The number of nitrogens with one attached hydrogen (secondary N) is 2. The van der Waals surface area contributed by atoms with Gasteiger partial charge in [0.2, 0.25) is 17.6 Å². The van der Waals surface area contributed by atoms with Gasteiger partial charge in [-0.1, -0.05) is 44.4 Å². The van der Waals surface area contributed by atoms with Crippen LogP contribution in [0.1, 0.15) is 86.0 Å². The molecule has 3 rings (SSSR count). The Balaban J connectivity index is 1.93. The first kappa shape index (κ1) is 31.5. The molecule has 0 spiro atoms. The topological polar surface area (TPSA) is 131 Å². The summed E-state index contributed by atoms with van der Waals surface area (Å²) in [5.41, 5.74) is 7.44. The number of nitrogens with two attached hydrogens (primary N) is 1. The van der Waals surface area contributed by atoms with Gasteiger partial charge >= 0.3 is 0 Å². The smallest absolute Gasteiger partial charge is 0.287 e. The van der Waals surface area contributed by atoms with E-state index in [1.165, 1.54) is 0 Å². The third-order valence-electron chi connectivity index (χ3n) is 7.67. The monoisotopic (exact) mass is 572 g/mol. The fourth-order valence-corrected chi connectivity index (χ4v) is 5.86. The first-order valence-corrected chi connectivity index (χ1v) is 14.7. The third kappa shape index (κ3) is 8.02. The van der Waals surface area contributed by atoms with E-state index in [0.717, 1.165) is 55.4 Å². The summed E-state index contributed by atoms with van der Waals surface area (Å²) in [7, 11) is 0. The lowest BCUT2D eigenvalue weighted by molar-refractivity contribution is -0.141. The van der Waals surface area contributed by atoms with E-state index in [0.29, 0.717) is 6.42 Å². The minimum atomic E-state index is -1.07. The number of carbonyl (C=O) groups excluding carboxylic acids is 4. The fourth-order valence-electron chi connectivity index (χ4n) is 5.54. The summed E-state index contributed by atoms with van der Waals surface area (Å²) in [4.78, 5) is 53.6. The number of primary amides is 1. The van der Waals surface area contributed by atoms with E-state index in [1.807, 2.05) is 39.8 Å². The highest BCUT2D eigenvalue weighted by Gasteiger charge is 2.43. The molecule has 10 heteroatoms. The quantitative estimate of drug-likeness (QED) is 0.269. The van der Waals surface area contributed by atoms with Crippen LogP contribution in [0.15, 0.2) is 35.1 Å². The molecule has 3 atom stereocenters. The summed E-state index contributed by atoms with van der Waals surface area (Å²) < 4.78 is 5.65. The number of thiocarbonyl (C=S) groups is 1. The van der Waals surface area contributed by atoms with Gasteiger partial charge in [0.1, 0.15) is 11.6 Å². The Hall–Kier alpha value is -3.01. The van der Waals surface area contributed by atoms with Gasteiger partial charge in [0, 0.05) is 6.42 Å². The van der Waals surface area contributed by atoms with E-state index < -0.39 is 35.3 Å². The van der Waals surface area contributed by atoms with Crippen molar-refractivity contribution in [2.75, 3.05) is 6.54 Å². The molecule has 0 bridgehead atoms. The Morgan fingerprint density at radius 2 is 1.90 bits per heavy atom. The summed E-state index contributed by atoms with van der Waals surface area (Å²) >= 11 is 5.28. The number of ether oxygens (including phenoxy) is 1. The van der Waals surface area contributed by atoms with Gasteiger partial charge in [-0.15, -0.1) is 0 Å². The van der Waals surface area contributed by atoms with Gasteiger partial charge in [-0.2, -0.15) is 0 Å². The zero-order valence-corrected chi connectivity index (χ0v) is 25.2. The maximum Gasteiger partial charge on any atom is 0.287 e. The zero-order valence-electron chi connectivity index (χ0n) is 24.4. The Bertz CT molecular complexity index is 1120. The fraction of sp³-hybridized carbons (Fsp3) is 0.633. The Morgan fingerprint density at radius 1 is 1.20 bits per heavy atom. The van der Waals surface area contributed by atoms with Crippen molar-refractivity contribution in [3.8, 4) is 0 Å². The minimum absolute atomic E-state index is 0.0955. The highest BCUT2D eigenvalue weighted by Crippen LogP contribution is 2.40. The van der Waals surface area contributed by atoms with Crippen molar-refractivity contribution in [1.29, 1.82) is 0 Å². The molecule has 3 aliphatic rings. The molecule has 1 unspecified atom stereocenters. The molecule has 40 heavy (non-hydrogen) atoms. The first-order chi connectivity index (χ1) is 18.8. The number of allylic oxidation sites excluding steroid dienone is 4. The summed E-state index contributed by atoms with van der Waals surface area (Å²) in [6, 6.07) is -1.91. The van der Waals surface area contributed by atoms with E-state index in [-0.39, 0.29) is 35.9 Å². The highest BCUT2D eigenvalue weighted by molar-refractivity contribution is 7.80. The highest BCUT2D eigenvalue weighted by atomic mass is 32.1. The van der Waals surface area contributed by atoms with Crippen molar-refractivity contribution >= 4 is 40.9 Å². The lowest BCUT2D eigenvalue weighted by atomic mass is 9.80. The van der Waals surface area contributed by atoms with Crippen molar-refractivity contribution in [2.45, 2.75) is 104 Å². The number of carbonyl (C=O) groups is 4. The molecule has 1 saturated carbocycles. The molecule has 1 aliphatic heterocycles. The molecule has 2 aliphatic carbocycles. The molecule has 0 aromatic carbocycles. The number of rotatable bonds is 10. The SMILES string of the molecule is C/C=C\C1=C(C2=CCCC[C@@H]2C)N(C(=O)CNC(=S)OC(C)(C)C)[C@H](C(=O)NC(CC2CCC2)C(=O)C(N)=O)C1. The number of amides is 3. The van der Waals surface area contributed by atoms with Crippen LogP contribution in [0.5, 0.6) is 0 Å². The predicted molar refractivity (Wildman–Crippen MR) is 158 cm³/mol. The third-order valence-corrected chi connectivity index (χ3v) is 7.90. The van der Waals surface area contributed by atoms with Crippen LogP contribution < -0.4 is 16.4 Å². The first-order valence-electron chi connectivity index (χ1n) is 14.3. The van der Waals surface area contributed by atoms with Crippen LogP contribution in [0.4, 0.5) is 0 Å². The van der Waals surface area contributed by atoms with E-state index in [9.17, 15) is 19.2 Å². The Morgan fingerprint density at radius 3 is 2.45 bits per heavy atom. The maximum atomic E-state index is 13.8. The molecule has 1 heterocycles. The predicted octanol–water partition coefficient (Wildman–Crippen LogP) is 3.58. The molecule has 3 amide bonds. The van der Waals surface area contributed by atoms with E-state index in [2.05, 4.69) is 23.6 Å². The second-order valence-electron chi connectivity index (χ2n) is 12.0. The van der Waals surface area contributed by atoms with Crippen molar-refractivity contribution in [1.82, 2.24) is 15.5 Å². The van der Waals surface area contributed by atoms with Crippen LogP contribution in [-0.4, -0.2) is 57.8 Å². The van der Waals surface area contributed by atoms with Crippen LogP contribution in [0.3, 0.4) is 0 Å². The van der Waals surface area contributed by atoms with Crippen molar-refractivity contribution < 1.29 is 23.9 Å². The second-order valence-corrected chi connectivity index (χ2v) is 12.4. The number of hydrogen-bond donors (Lipinski definition) is 3. The van der Waals surface area contributed by atoms with Crippen molar-refractivity contribution in [3.63, 3.8) is 0 Å². The van der Waals surface area contributed by atoms with Gasteiger partial charge < -0.3 is 21.1 Å². The van der Waals surface area contributed by atoms with Crippen LogP contribution in [0, 0.1) is 11.8 Å². The van der Waals surface area contributed by atoms with Gasteiger partial charge in [-0.3, -0.25) is 24.1 Å². The van der Waals surface area contributed by atoms with E-state index >= 15 is 0 Å². The summed E-state index contributed by atoms with van der Waals surface area (Å²) in [6.45, 7) is 9.44. The average molecular weight is 573 g/mol. The number of ketones is 1. The molecule has 4 N–H and O–H groups in total. The van der Waals surface area contributed by atoms with Gasteiger partial charge in [0.25, 0.3) is 11.1 Å². The molecule has 0 radical (unpaired) electrons. The molecule has 1 fully saturated rings. The Labute approximate surface area is 243 Å². The van der Waals surface area contributed by atoms with Gasteiger partial charge in [-0.05, 0) is 88.6 Å². The van der Waals surface area contributed by atoms with Crippen molar-refractivity contribution in [3.05, 3.63) is 35.1 Å². The maximum absolute atomic E-state index is 13.8. The van der Waals surface area contributed by atoms with Crippen LogP contribution in [0.2, 0.25) is 0 Å². The average Bonchev–Trinajstić information content (AvgIpc) is 3.22. The molecule has 220 valence electrons. The second kappa shape index (κ2) is 13.6. The molecule has 0 aromatic heterocycles. The van der Waals surface area contributed by atoms with Crippen molar-refractivity contribution in [2.24, 2.45) is 17.6 Å². The Kier molecular flexibility index (Phi) is 10.7. The molecule has 0 saturated heterocycles. The lowest BCUT2D eigenvalue weighted by Crippen LogP contribution is -2.55. The largest absolute Gasteiger partial charge is 0.465 e. The molecular formula is C30H44N4O5S. The summed E-state index contributed by atoms with van der Waals surface area (Å²) in [5.74, 6) is -2.25. The standard InChI is InChI=1S/C30H44N4O5S/c1-6-10-20-16-23(28(38)33-22(26(36)27(31)37)15-19-12-9-13-19)34(25(20)21-14-8-7-11-18(21)2)24(35)17-32-29(40)39-30(3,4)5/h6,10,14,18-19,22-23H,7-9,11-13,15-17H2,1-5H3,(H2,31,37)(H,32,40)(H,33,38)/b10-6-/t18-,22?,23-/m0/s1. The zero-order chi connectivity index (χ0) is 29.6. The van der Waals surface area contributed by atoms with E-state index in [1.54, 1.807) is 4.90 Å². The normalized spacial score (nSPS) is 22.4. The number of nitrogens with zero attached hydrogens (tertiary/aromatic N) is 1. The number of hydrogen-bond acceptors (Lipinski definition) is 6.